The molecular weight excluding hydrogens is 130 g/mol. The Hall–Kier alpha value is -1.65. The molecule has 0 aliphatic carbocycles. The summed E-state index contributed by atoms with van der Waals surface area (Å²) < 4.78 is 1.57. The molecule has 0 spiro atoms. The predicted molar refractivity (Wildman–Crippen MR) is 35.2 cm³/mol. The van der Waals surface area contributed by atoms with Gasteiger partial charge in [0, 0.05) is 6.07 Å². The van der Waals surface area contributed by atoms with Crippen LogP contribution in [0.1, 0.15) is 0 Å². The number of aromatic nitrogens is 4. The molecule has 2 rings (SSSR count). The van der Waals surface area contributed by atoms with Crippen LogP contribution in [-0.4, -0.2) is 19.8 Å². The highest BCUT2D eigenvalue weighted by Crippen LogP contribution is 2.00. The lowest BCUT2D eigenvalue weighted by atomic mass is 10.6. The van der Waals surface area contributed by atoms with E-state index in [0.717, 1.165) is 0 Å². The molecular formula is C5H5N5. The van der Waals surface area contributed by atoms with Gasteiger partial charge in [-0.2, -0.15) is 5.10 Å². The van der Waals surface area contributed by atoms with Gasteiger partial charge < -0.3 is 5.73 Å². The molecule has 0 bridgehead atoms. The highest BCUT2D eigenvalue weighted by molar-refractivity contribution is 5.46. The summed E-state index contributed by atoms with van der Waals surface area (Å²) in [5.41, 5.74) is 6.06. The molecule has 2 N–H and O–H groups in total. The highest BCUT2D eigenvalue weighted by Gasteiger charge is 1.95. The number of hydrogen-bond donors (Lipinski definition) is 1. The van der Waals surface area contributed by atoms with Gasteiger partial charge >= 0.3 is 0 Å². The zero-order valence-corrected chi connectivity index (χ0v) is 5.10. The first kappa shape index (κ1) is 5.16. The lowest BCUT2D eigenvalue weighted by Crippen LogP contribution is -1.90. The van der Waals surface area contributed by atoms with E-state index in [-0.39, 0.29) is 0 Å². The molecule has 0 radical (unpaired) electrons. The van der Waals surface area contributed by atoms with E-state index >= 15 is 0 Å². The Morgan fingerprint density at radius 2 is 2.40 bits per heavy atom. The van der Waals surface area contributed by atoms with Crippen molar-refractivity contribution in [3.63, 3.8) is 0 Å². The number of nitrogen functional groups attached to an aromatic ring is 1. The van der Waals surface area contributed by atoms with Crippen LogP contribution in [0.15, 0.2) is 18.5 Å². The van der Waals surface area contributed by atoms with Crippen molar-refractivity contribution in [2.75, 3.05) is 5.73 Å². The molecule has 0 aliphatic heterocycles. The summed E-state index contributed by atoms with van der Waals surface area (Å²) in [7, 11) is 0. The third-order valence-electron chi connectivity index (χ3n) is 1.17. The van der Waals surface area contributed by atoms with E-state index in [1.54, 1.807) is 23.0 Å². The molecule has 10 heavy (non-hydrogen) atoms. The molecule has 0 saturated carbocycles. The predicted octanol–water partition coefficient (Wildman–Crippen LogP) is -0.294. The summed E-state index contributed by atoms with van der Waals surface area (Å²) in [6.45, 7) is 0. The Morgan fingerprint density at radius 3 is 3.20 bits per heavy atom. The molecule has 0 amide bonds. The van der Waals surface area contributed by atoms with Gasteiger partial charge in [0.05, 0.1) is 12.4 Å². The van der Waals surface area contributed by atoms with E-state index in [1.165, 1.54) is 0 Å². The molecule has 0 saturated heterocycles. The third-order valence-corrected chi connectivity index (χ3v) is 1.17. The zero-order valence-electron chi connectivity index (χ0n) is 5.10. The quantitative estimate of drug-likeness (QED) is 0.538. The Bertz CT molecular complexity index is 319. The van der Waals surface area contributed by atoms with Gasteiger partial charge in [0.1, 0.15) is 5.82 Å². The van der Waals surface area contributed by atoms with E-state index in [0.29, 0.717) is 11.5 Å². The maximum Gasteiger partial charge on any atom is 0.179 e. The van der Waals surface area contributed by atoms with Crippen LogP contribution in [0.25, 0.3) is 5.65 Å². The topological polar surface area (TPSA) is 69.1 Å². The van der Waals surface area contributed by atoms with Crippen molar-refractivity contribution in [1.82, 2.24) is 19.8 Å². The van der Waals surface area contributed by atoms with Crippen molar-refractivity contribution >= 4 is 11.5 Å². The van der Waals surface area contributed by atoms with Gasteiger partial charge in [-0.05, 0) is 0 Å². The van der Waals surface area contributed by atoms with Crippen molar-refractivity contribution in [3.8, 4) is 0 Å². The molecule has 5 heteroatoms. The molecule has 2 aromatic rings. The first-order chi connectivity index (χ1) is 4.86. The summed E-state index contributed by atoms with van der Waals surface area (Å²) in [5.74, 6) is 0.459. The molecule has 0 unspecified atom stereocenters. The third kappa shape index (κ3) is 0.604. The van der Waals surface area contributed by atoms with Gasteiger partial charge in [0.15, 0.2) is 5.65 Å². The van der Waals surface area contributed by atoms with E-state index in [2.05, 4.69) is 15.3 Å². The van der Waals surface area contributed by atoms with Crippen LogP contribution in [0.2, 0.25) is 0 Å². The highest BCUT2D eigenvalue weighted by atomic mass is 15.3. The second-order valence-electron chi connectivity index (χ2n) is 1.89. The second kappa shape index (κ2) is 1.66. The lowest BCUT2D eigenvalue weighted by molar-refractivity contribution is 0.892. The van der Waals surface area contributed by atoms with Crippen LogP contribution in [0.5, 0.6) is 0 Å². The van der Waals surface area contributed by atoms with Gasteiger partial charge in [-0.15, -0.1) is 10.2 Å². The van der Waals surface area contributed by atoms with Gasteiger partial charge in [-0.1, -0.05) is 0 Å². The largest absolute Gasteiger partial charge is 0.382 e. The van der Waals surface area contributed by atoms with Crippen LogP contribution in [0.3, 0.4) is 0 Å². The fourth-order valence-electron chi connectivity index (χ4n) is 0.773. The van der Waals surface area contributed by atoms with E-state index in [9.17, 15) is 0 Å². The van der Waals surface area contributed by atoms with Crippen LogP contribution < -0.4 is 5.73 Å². The molecule has 50 valence electrons. The minimum atomic E-state index is 0.459. The van der Waals surface area contributed by atoms with Gasteiger partial charge in [0.2, 0.25) is 0 Å². The number of nitrogens with two attached hydrogens (primary N) is 1. The first-order valence-electron chi connectivity index (χ1n) is 2.79. The Morgan fingerprint density at radius 1 is 1.50 bits per heavy atom. The summed E-state index contributed by atoms with van der Waals surface area (Å²) in [6, 6.07) is 1.66. The average molecular weight is 135 g/mol. The second-order valence-corrected chi connectivity index (χ2v) is 1.89. The number of hydrogen-bond acceptors (Lipinski definition) is 4. The van der Waals surface area contributed by atoms with E-state index < -0.39 is 0 Å². The molecule has 0 aliphatic rings. The fourth-order valence-corrected chi connectivity index (χ4v) is 0.773. The van der Waals surface area contributed by atoms with E-state index in [1.807, 2.05) is 0 Å². The number of rotatable bonds is 0. The molecule has 2 heterocycles. The normalized spacial score (nSPS) is 10.4. The van der Waals surface area contributed by atoms with Gasteiger partial charge in [-0.25, -0.2) is 4.52 Å². The molecule has 0 fully saturated rings. The molecule has 0 atom stereocenters. The maximum absolute atomic E-state index is 5.39. The van der Waals surface area contributed by atoms with Gasteiger partial charge in [-0.3, -0.25) is 0 Å². The van der Waals surface area contributed by atoms with E-state index in [4.69, 9.17) is 5.73 Å². The number of anilines is 1. The standard InChI is InChI=1S/C5H5N5/c6-4-3-5-8-7-1-2-10(5)9-4/h1-3H,(H2,6,9). The zero-order chi connectivity index (χ0) is 6.97. The lowest BCUT2D eigenvalue weighted by Gasteiger charge is -1.84. The van der Waals surface area contributed by atoms with Crippen molar-refractivity contribution < 1.29 is 0 Å². The van der Waals surface area contributed by atoms with Crippen molar-refractivity contribution in [1.29, 1.82) is 0 Å². The van der Waals surface area contributed by atoms with Crippen molar-refractivity contribution in [3.05, 3.63) is 18.5 Å². The summed E-state index contributed by atoms with van der Waals surface area (Å²) in [5, 5.41) is 11.3. The minimum absolute atomic E-state index is 0.459. The monoisotopic (exact) mass is 135 g/mol. The molecule has 0 aromatic carbocycles. The number of fused-ring (bicyclic) bond motifs is 1. The molecule has 2 aromatic heterocycles. The Balaban J connectivity index is 2.88. The fraction of sp³-hybridized carbons (Fsp3) is 0. The van der Waals surface area contributed by atoms with Crippen LogP contribution >= 0.6 is 0 Å². The summed E-state index contributed by atoms with van der Waals surface area (Å²) >= 11 is 0. The van der Waals surface area contributed by atoms with Crippen LogP contribution in [0.4, 0.5) is 5.82 Å². The Labute approximate surface area is 56.5 Å². The van der Waals surface area contributed by atoms with Crippen molar-refractivity contribution in [2.24, 2.45) is 0 Å². The molecule has 5 nitrogen and oxygen atoms in total. The average Bonchev–Trinajstić information content (AvgIpc) is 2.27. The van der Waals surface area contributed by atoms with Gasteiger partial charge in [0.25, 0.3) is 0 Å². The minimum Gasteiger partial charge on any atom is -0.382 e. The SMILES string of the molecule is Nc1cc2nnccn2n1. The van der Waals surface area contributed by atoms with Crippen molar-refractivity contribution in [2.45, 2.75) is 0 Å². The summed E-state index contributed by atoms with van der Waals surface area (Å²) in [6.07, 6.45) is 3.25. The summed E-state index contributed by atoms with van der Waals surface area (Å²) in [4.78, 5) is 0. The van der Waals surface area contributed by atoms with Crippen LogP contribution in [-0.2, 0) is 0 Å². The maximum atomic E-state index is 5.39. The number of nitrogens with zero attached hydrogens (tertiary/aromatic N) is 4. The van der Waals surface area contributed by atoms with Crippen LogP contribution in [0, 0.1) is 0 Å². The smallest absolute Gasteiger partial charge is 0.179 e. The first-order valence-corrected chi connectivity index (χ1v) is 2.79. The Kier molecular flexibility index (Phi) is 0.858.